The number of aliphatic hydroxyl groups excluding tert-OH is 1. The third-order valence-corrected chi connectivity index (χ3v) is 6.23. The second kappa shape index (κ2) is 9.81. The third kappa shape index (κ3) is 5.37. The molecule has 13 heteroatoms. The minimum Gasteiger partial charge on any atom is -0.505 e. The quantitative estimate of drug-likeness (QED) is 0.211. The van der Waals surface area contributed by atoms with Gasteiger partial charge in [-0.1, -0.05) is 23.7 Å². The molecular weight excluding hydrogens is 474 g/mol. The number of nitrogens with zero attached hydrogens (tertiary/aromatic N) is 3. The minimum absolute atomic E-state index is 0.0766. The number of hydrogen-bond donors (Lipinski definition) is 4. The number of halogens is 1. The van der Waals surface area contributed by atoms with Crippen LogP contribution in [-0.4, -0.2) is 34.8 Å². The Morgan fingerprint density at radius 1 is 1.24 bits per heavy atom. The number of benzene rings is 2. The predicted molar refractivity (Wildman–Crippen MR) is 123 cm³/mol. The summed E-state index contributed by atoms with van der Waals surface area (Å²) in [5.74, 6) is -0.205. The van der Waals surface area contributed by atoms with Gasteiger partial charge in [-0.3, -0.25) is 25.2 Å². The second-order valence-electron chi connectivity index (χ2n) is 6.68. The van der Waals surface area contributed by atoms with Crippen molar-refractivity contribution in [2.24, 2.45) is 5.10 Å². The fourth-order valence-electron chi connectivity index (χ4n) is 2.77. The van der Waals surface area contributed by atoms with E-state index in [2.05, 4.69) is 20.2 Å². The van der Waals surface area contributed by atoms with Crippen LogP contribution in [0.3, 0.4) is 0 Å². The van der Waals surface area contributed by atoms with Crippen molar-refractivity contribution >= 4 is 44.9 Å². The van der Waals surface area contributed by atoms with E-state index in [0.717, 1.165) is 12.1 Å². The second-order valence-corrected chi connectivity index (χ2v) is 8.74. The lowest BCUT2D eigenvalue weighted by Gasteiger charge is -2.13. The van der Waals surface area contributed by atoms with E-state index < -0.39 is 32.1 Å². The summed E-state index contributed by atoms with van der Waals surface area (Å²) < 4.78 is 28.3. The first-order chi connectivity index (χ1) is 15.6. The van der Waals surface area contributed by atoms with Crippen molar-refractivity contribution < 1.29 is 23.6 Å². The van der Waals surface area contributed by atoms with Gasteiger partial charge in [-0.15, -0.1) is 0 Å². The average Bonchev–Trinajstić information content (AvgIpc) is 2.78. The number of sulfonamides is 1. The van der Waals surface area contributed by atoms with E-state index in [1.165, 1.54) is 30.6 Å². The molecule has 1 aromatic heterocycles. The van der Waals surface area contributed by atoms with Gasteiger partial charge in [0.25, 0.3) is 15.7 Å². The number of non-ortho nitro benzene ring substituents is 1. The molecular formula is C20H18ClN5O6S. The molecule has 172 valence electrons. The third-order valence-electron chi connectivity index (χ3n) is 4.49. The molecule has 0 atom stereocenters. The van der Waals surface area contributed by atoms with Crippen LogP contribution in [0.4, 0.5) is 17.1 Å². The molecule has 0 radical (unpaired) electrons. The summed E-state index contributed by atoms with van der Waals surface area (Å²) in [6.07, 6.45) is 2.54. The Balaban J connectivity index is 2.00. The summed E-state index contributed by atoms with van der Waals surface area (Å²) in [6, 6.07) is 9.28. The van der Waals surface area contributed by atoms with Crippen LogP contribution in [0.2, 0.25) is 5.02 Å². The van der Waals surface area contributed by atoms with Crippen molar-refractivity contribution in [2.45, 2.75) is 18.4 Å². The molecule has 3 rings (SSSR count). The molecule has 1 heterocycles. The zero-order valence-electron chi connectivity index (χ0n) is 17.1. The highest BCUT2D eigenvalue weighted by atomic mass is 35.5. The predicted octanol–water partition coefficient (Wildman–Crippen LogP) is 3.40. The highest BCUT2D eigenvalue weighted by molar-refractivity contribution is 7.93. The SMILES string of the molecule is Cc1ncc(CO)c(C=NNc2ccc([N+](=O)[O-])cc2S(=O)(=O)Nc2ccccc2Cl)c1O. The van der Waals surface area contributed by atoms with Gasteiger partial charge < -0.3 is 10.2 Å². The molecule has 4 N–H and O–H groups in total. The summed E-state index contributed by atoms with van der Waals surface area (Å²) in [6.45, 7) is 1.14. The lowest BCUT2D eigenvalue weighted by Crippen LogP contribution is -2.15. The van der Waals surface area contributed by atoms with Gasteiger partial charge in [0.1, 0.15) is 10.6 Å². The van der Waals surface area contributed by atoms with Crippen LogP contribution in [0, 0.1) is 17.0 Å². The summed E-state index contributed by atoms with van der Waals surface area (Å²) in [7, 11) is -4.32. The standard InChI is InChI=1S/C20H18ClN5O6S/c1-12-20(28)15(13(11-27)9-22-12)10-23-24-18-7-6-14(26(29)30)8-19(18)33(31,32)25-17-5-3-2-4-16(17)21/h2-10,24-25,27-28H,11H2,1H3. The van der Waals surface area contributed by atoms with E-state index in [1.54, 1.807) is 19.1 Å². The maximum Gasteiger partial charge on any atom is 0.270 e. The monoisotopic (exact) mass is 491 g/mol. The average molecular weight is 492 g/mol. The Morgan fingerprint density at radius 2 is 1.97 bits per heavy atom. The number of aromatic hydroxyl groups is 1. The van der Waals surface area contributed by atoms with Crippen molar-refractivity contribution in [1.82, 2.24) is 4.98 Å². The normalized spacial score (nSPS) is 11.5. The van der Waals surface area contributed by atoms with E-state index in [4.69, 9.17) is 11.6 Å². The van der Waals surface area contributed by atoms with Gasteiger partial charge in [0, 0.05) is 29.5 Å². The zero-order valence-corrected chi connectivity index (χ0v) is 18.6. The highest BCUT2D eigenvalue weighted by Crippen LogP contribution is 2.30. The Hall–Kier alpha value is -3.74. The van der Waals surface area contributed by atoms with E-state index in [9.17, 15) is 28.7 Å². The Kier molecular flexibility index (Phi) is 7.11. The largest absolute Gasteiger partial charge is 0.505 e. The molecule has 0 bridgehead atoms. The van der Waals surface area contributed by atoms with Crippen molar-refractivity contribution in [3.8, 4) is 5.75 Å². The first kappa shape index (κ1) is 23.9. The lowest BCUT2D eigenvalue weighted by molar-refractivity contribution is -0.385. The maximum absolute atomic E-state index is 13.0. The molecule has 0 saturated heterocycles. The first-order valence-electron chi connectivity index (χ1n) is 9.27. The number of rotatable bonds is 8. The number of nitro groups is 1. The number of hydrogen-bond acceptors (Lipinski definition) is 9. The molecule has 33 heavy (non-hydrogen) atoms. The van der Waals surface area contributed by atoms with Crippen molar-refractivity contribution in [3.63, 3.8) is 0 Å². The van der Waals surface area contributed by atoms with E-state index in [1.807, 2.05) is 0 Å². The molecule has 2 aromatic carbocycles. The number of anilines is 2. The van der Waals surface area contributed by atoms with Crippen molar-refractivity contribution in [1.29, 1.82) is 0 Å². The minimum atomic E-state index is -4.32. The number of aryl methyl sites for hydroxylation is 1. The molecule has 11 nitrogen and oxygen atoms in total. The topological polar surface area (TPSA) is 167 Å². The summed E-state index contributed by atoms with van der Waals surface area (Å²) in [5, 5.41) is 34.9. The number of aliphatic hydroxyl groups is 1. The van der Waals surface area contributed by atoms with Crippen LogP contribution >= 0.6 is 11.6 Å². The molecule has 0 aliphatic rings. The number of pyridine rings is 1. The van der Waals surface area contributed by atoms with E-state index in [0.29, 0.717) is 11.3 Å². The van der Waals surface area contributed by atoms with Gasteiger partial charge in [-0.05, 0) is 25.1 Å². The molecule has 0 unspecified atom stereocenters. The fourth-order valence-corrected chi connectivity index (χ4v) is 4.27. The molecule has 0 saturated carbocycles. The Bertz CT molecular complexity index is 1350. The Morgan fingerprint density at radius 3 is 2.64 bits per heavy atom. The van der Waals surface area contributed by atoms with Gasteiger partial charge in [0.15, 0.2) is 0 Å². The van der Waals surface area contributed by atoms with Crippen LogP contribution in [0.5, 0.6) is 5.75 Å². The Labute approximate surface area is 193 Å². The van der Waals surface area contributed by atoms with Crippen molar-refractivity contribution in [3.05, 3.63) is 80.6 Å². The lowest BCUT2D eigenvalue weighted by atomic mass is 10.1. The summed E-state index contributed by atoms with van der Waals surface area (Å²) >= 11 is 6.02. The number of hydrazone groups is 1. The highest BCUT2D eigenvalue weighted by Gasteiger charge is 2.23. The number of aromatic nitrogens is 1. The number of nitro benzene ring substituents is 1. The number of para-hydroxylation sites is 1. The fraction of sp³-hybridized carbons (Fsp3) is 0.100. The molecule has 3 aromatic rings. The van der Waals surface area contributed by atoms with E-state index >= 15 is 0 Å². The van der Waals surface area contributed by atoms with Crippen LogP contribution < -0.4 is 10.1 Å². The molecule has 0 fully saturated rings. The molecule has 0 aliphatic carbocycles. The summed E-state index contributed by atoms with van der Waals surface area (Å²) in [5.41, 5.74) is 2.85. The number of nitrogens with one attached hydrogen (secondary N) is 2. The molecule has 0 spiro atoms. The molecule has 0 aliphatic heterocycles. The van der Waals surface area contributed by atoms with Gasteiger partial charge in [-0.25, -0.2) is 8.42 Å². The van der Waals surface area contributed by atoms with Gasteiger partial charge in [-0.2, -0.15) is 5.10 Å². The smallest absolute Gasteiger partial charge is 0.270 e. The van der Waals surface area contributed by atoms with Crippen LogP contribution in [-0.2, 0) is 16.6 Å². The maximum atomic E-state index is 13.0. The van der Waals surface area contributed by atoms with Crippen LogP contribution in [0.15, 0.2) is 58.7 Å². The zero-order chi connectivity index (χ0) is 24.2. The summed E-state index contributed by atoms with van der Waals surface area (Å²) in [4.78, 5) is 14.0. The first-order valence-corrected chi connectivity index (χ1v) is 11.1. The van der Waals surface area contributed by atoms with Crippen LogP contribution in [0.1, 0.15) is 16.8 Å². The van der Waals surface area contributed by atoms with E-state index in [-0.39, 0.29) is 27.7 Å². The van der Waals surface area contributed by atoms with Gasteiger partial charge in [0.05, 0.1) is 39.8 Å². The van der Waals surface area contributed by atoms with Crippen LogP contribution in [0.25, 0.3) is 0 Å². The van der Waals surface area contributed by atoms with Crippen molar-refractivity contribution in [2.75, 3.05) is 10.1 Å². The van der Waals surface area contributed by atoms with Gasteiger partial charge >= 0.3 is 0 Å². The molecule has 0 amide bonds. The van der Waals surface area contributed by atoms with Gasteiger partial charge in [0.2, 0.25) is 0 Å².